The molecule has 0 aliphatic heterocycles. The van der Waals surface area contributed by atoms with E-state index in [-0.39, 0.29) is 24.0 Å². The van der Waals surface area contributed by atoms with E-state index in [1.54, 1.807) is 19.4 Å². The zero-order valence-electron chi connectivity index (χ0n) is 12.5. The molecular formula is C15H25IN4O. The smallest absolute Gasteiger partial charge is 0.191 e. The summed E-state index contributed by atoms with van der Waals surface area (Å²) in [6, 6.07) is 4.34. The van der Waals surface area contributed by atoms with E-state index in [1.165, 1.54) is 32.1 Å². The summed E-state index contributed by atoms with van der Waals surface area (Å²) in [4.78, 5) is 8.26. The molecule has 1 aromatic heterocycles. The van der Waals surface area contributed by atoms with Crippen molar-refractivity contribution in [3.05, 3.63) is 24.5 Å². The number of nitrogens with zero attached hydrogens (tertiary/aromatic N) is 2. The Kier molecular flexibility index (Phi) is 9.12. The predicted molar refractivity (Wildman–Crippen MR) is 96.5 cm³/mol. The Morgan fingerprint density at radius 1 is 1.38 bits per heavy atom. The maximum absolute atomic E-state index is 5.58. The summed E-state index contributed by atoms with van der Waals surface area (Å²) < 4.78 is 5.58. The first-order chi connectivity index (χ1) is 9.88. The van der Waals surface area contributed by atoms with Crippen LogP contribution >= 0.6 is 24.0 Å². The molecule has 0 radical (unpaired) electrons. The Bertz CT molecular complexity index is 407. The predicted octanol–water partition coefficient (Wildman–Crippen LogP) is 2.58. The van der Waals surface area contributed by atoms with Gasteiger partial charge in [0.2, 0.25) is 0 Å². The van der Waals surface area contributed by atoms with Crippen molar-refractivity contribution in [2.45, 2.75) is 38.1 Å². The van der Waals surface area contributed by atoms with E-state index in [1.807, 2.05) is 12.1 Å². The van der Waals surface area contributed by atoms with Crippen LogP contribution in [0.15, 0.2) is 29.5 Å². The number of rotatable bonds is 5. The van der Waals surface area contributed by atoms with E-state index >= 15 is 0 Å². The van der Waals surface area contributed by atoms with Gasteiger partial charge >= 0.3 is 0 Å². The number of nitrogens with one attached hydrogen (secondary N) is 2. The van der Waals surface area contributed by atoms with Gasteiger partial charge in [0.1, 0.15) is 12.4 Å². The second kappa shape index (κ2) is 10.6. The first-order valence-electron chi connectivity index (χ1n) is 7.38. The molecule has 1 aliphatic rings. The summed E-state index contributed by atoms with van der Waals surface area (Å²) in [5.74, 6) is 1.66. The van der Waals surface area contributed by atoms with Gasteiger partial charge in [0.15, 0.2) is 5.96 Å². The first kappa shape index (κ1) is 18.0. The molecule has 0 bridgehead atoms. The summed E-state index contributed by atoms with van der Waals surface area (Å²) in [5, 5.41) is 6.76. The minimum Gasteiger partial charge on any atom is -0.490 e. The highest BCUT2D eigenvalue weighted by molar-refractivity contribution is 14.0. The third kappa shape index (κ3) is 6.97. The molecule has 1 aromatic rings. The van der Waals surface area contributed by atoms with Crippen LogP contribution in [0.25, 0.3) is 0 Å². The van der Waals surface area contributed by atoms with Gasteiger partial charge in [-0.15, -0.1) is 24.0 Å². The molecule has 2 rings (SSSR count). The van der Waals surface area contributed by atoms with Gasteiger partial charge in [-0.05, 0) is 25.0 Å². The van der Waals surface area contributed by atoms with Crippen molar-refractivity contribution in [3.63, 3.8) is 0 Å². The van der Waals surface area contributed by atoms with Crippen molar-refractivity contribution >= 4 is 29.9 Å². The number of hydrogen-bond acceptors (Lipinski definition) is 3. The number of pyridine rings is 1. The number of guanidine groups is 1. The van der Waals surface area contributed by atoms with E-state index in [0.717, 1.165) is 18.3 Å². The number of aromatic nitrogens is 1. The topological polar surface area (TPSA) is 58.5 Å². The fourth-order valence-corrected chi connectivity index (χ4v) is 2.41. The van der Waals surface area contributed by atoms with Crippen LogP contribution in [0.2, 0.25) is 0 Å². The van der Waals surface area contributed by atoms with Crippen LogP contribution in [0, 0.1) is 0 Å². The summed E-state index contributed by atoms with van der Waals surface area (Å²) in [7, 11) is 1.81. The molecule has 0 atom stereocenters. The number of ether oxygens (including phenoxy) is 1. The van der Waals surface area contributed by atoms with Crippen LogP contribution < -0.4 is 15.4 Å². The Morgan fingerprint density at radius 3 is 2.86 bits per heavy atom. The minimum atomic E-state index is 0. The fraction of sp³-hybridized carbons (Fsp3) is 0.600. The van der Waals surface area contributed by atoms with E-state index in [2.05, 4.69) is 20.6 Å². The highest BCUT2D eigenvalue weighted by Gasteiger charge is 2.14. The van der Waals surface area contributed by atoms with Gasteiger partial charge in [0.05, 0.1) is 12.7 Å². The summed E-state index contributed by atoms with van der Waals surface area (Å²) in [6.45, 7) is 1.32. The molecule has 5 nitrogen and oxygen atoms in total. The Balaban J connectivity index is 0.00000220. The first-order valence-corrected chi connectivity index (χ1v) is 7.38. The number of aliphatic imine (C=N–C) groups is 1. The molecule has 6 heteroatoms. The molecule has 21 heavy (non-hydrogen) atoms. The molecule has 0 spiro atoms. The van der Waals surface area contributed by atoms with Crippen LogP contribution in [0.5, 0.6) is 5.75 Å². The highest BCUT2D eigenvalue weighted by atomic mass is 127. The van der Waals surface area contributed by atoms with Crippen LogP contribution in [0.1, 0.15) is 32.1 Å². The summed E-state index contributed by atoms with van der Waals surface area (Å²) >= 11 is 0. The standard InChI is InChI=1S/C15H24N4O.HI/c1-16-15(19-13-6-3-2-4-7-13)18-10-11-20-14-8-5-9-17-12-14;/h5,8-9,12-13H,2-4,6-7,10-11H2,1H3,(H2,16,18,19);1H. The molecule has 0 aromatic carbocycles. The molecule has 2 N–H and O–H groups in total. The average molecular weight is 404 g/mol. The lowest BCUT2D eigenvalue weighted by molar-refractivity contribution is 0.320. The van der Waals surface area contributed by atoms with Crippen molar-refractivity contribution in [2.75, 3.05) is 20.2 Å². The monoisotopic (exact) mass is 404 g/mol. The molecule has 1 fully saturated rings. The molecule has 1 saturated carbocycles. The fourth-order valence-electron chi connectivity index (χ4n) is 2.41. The highest BCUT2D eigenvalue weighted by Crippen LogP contribution is 2.17. The Hall–Kier alpha value is -1.05. The zero-order chi connectivity index (χ0) is 14.0. The van der Waals surface area contributed by atoms with Gasteiger partial charge in [0, 0.05) is 19.3 Å². The summed E-state index contributed by atoms with van der Waals surface area (Å²) in [5.41, 5.74) is 0. The Labute approximate surface area is 144 Å². The third-order valence-corrected chi connectivity index (χ3v) is 3.47. The van der Waals surface area contributed by atoms with Crippen LogP contribution in [0.4, 0.5) is 0 Å². The van der Waals surface area contributed by atoms with Crippen molar-refractivity contribution in [3.8, 4) is 5.75 Å². The van der Waals surface area contributed by atoms with E-state index in [9.17, 15) is 0 Å². The molecule has 0 amide bonds. The van der Waals surface area contributed by atoms with Gasteiger partial charge in [-0.25, -0.2) is 0 Å². The van der Waals surface area contributed by atoms with E-state index in [0.29, 0.717) is 12.6 Å². The van der Waals surface area contributed by atoms with Gasteiger partial charge < -0.3 is 15.4 Å². The minimum absolute atomic E-state index is 0. The molecule has 1 heterocycles. The normalized spacial score (nSPS) is 16.0. The molecule has 1 aliphatic carbocycles. The SMILES string of the molecule is CN=C(NCCOc1cccnc1)NC1CCCCC1.I. The van der Waals surface area contributed by atoms with Crippen molar-refractivity contribution < 1.29 is 4.74 Å². The van der Waals surface area contributed by atoms with Crippen LogP contribution in [0.3, 0.4) is 0 Å². The lowest BCUT2D eigenvalue weighted by Gasteiger charge is -2.24. The van der Waals surface area contributed by atoms with Crippen LogP contribution in [-0.4, -0.2) is 37.2 Å². The lowest BCUT2D eigenvalue weighted by atomic mass is 9.96. The molecule has 0 saturated heterocycles. The van der Waals surface area contributed by atoms with Crippen molar-refractivity contribution in [1.29, 1.82) is 0 Å². The Morgan fingerprint density at radius 2 is 2.19 bits per heavy atom. The van der Waals surface area contributed by atoms with Gasteiger partial charge in [-0.1, -0.05) is 19.3 Å². The van der Waals surface area contributed by atoms with E-state index in [4.69, 9.17) is 4.74 Å². The maximum atomic E-state index is 5.58. The molecule has 0 unspecified atom stereocenters. The molecular weight excluding hydrogens is 379 g/mol. The van der Waals surface area contributed by atoms with Gasteiger partial charge in [-0.2, -0.15) is 0 Å². The van der Waals surface area contributed by atoms with Crippen molar-refractivity contribution in [2.24, 2.45) is 4.99 Å². The molecule has 118 valence electrons. The van der Waals surface area contributed by atoms with Crippen LogP contribution in [-0.2, 0) is 0 Å². The van der Waals surface area contributed by atoms with Gasteiger partial charge in [-0.3, -0.25) is 9.98 Å². The quantitative estimate of drug-likeness (QED) is 0.343. The van der Waals surface area contributed by atoms with Gasteiger partial charge in [0.25, 0.3) is 0 Å². The number of hydrogen-bond donors (Lipinski definition) is 2. The lowest BCUT2D eigenvalue weighted by Crippen LogP contribution is -2.45. The second-order valence-corrected chi connectivity index (χ2v) is 5.02. The number of halogens is 1. The van der Waals surface area contributed by atoms with Crippen molar-refractivity contribution in [1.82, 2.24) is 15.6 Å². The maximum Gasteiger partial charge on any atom is 0.191 e. The van der Waals surface area contributed by atoms with E-state index < -0.39 is 0 Å². The third-order valence-electron chi connectivity index (χ3n) is 3.47. The summed E-state index contributed by atoms with van der Waals surface area (Å²) in [6.07, 6.45) is 9.94. The zero-order valence-corrected chi connectivity index (χ0v) is 14.9. The second-order valence-electron chi connectivity index (χ2n) is 5.02. The average Bonchev–Trinajstić information content (AvgIpc) is 2.52. The largest absolute Gasteiger partial charge is 0.490 e.